The van der Waals surface area contributed by atoms with Gasteiger partial charge in [-0.1, -0.05) is 20.3 Å². The number of anilines is 3. The summed E-state index contributed by atoms with van der Waals surface area (Å²) in [7, 11) is 0. The molecule has 2 saturated carbocycles. The first-order chi connectivity index (χ1) is 15.5. The van der Waals surface area contributed by atoms with Gasteiger partial charge in [0.1, 0.15) is 5.82 Å². The number of rotatable bonds is 8. The molecule has 0 unspecified atom stereocenters. The van der Waals surface area contributed by atoms with E-state index in [0.717, 1.165) is 35.1 Å². The van der Waals surface area contributed by atoms with E-state index >= 15 is 0 Å². The number of H-pyrrole nitrogens is 1. The zero-order valence-corrected chi connectivity index (χ0v) is 19.1. The molecule has 0 bridgehead atoms. The van der Waals surface area contributed by atoms with Crippen LogP contribution in [0.15, 0.2) is 40.4 Å². The third kappa shape index (κ3) is 4.93. The van der Waals surface area contributed by atoms with Gasteiger partial charge in [-0.2, -0.15) is 15.1 Å². The molecule has 0 spiro atoms. The van der Waals surface area contributed by atoms with E-state index < -0.39 is 0 Å². The quantitative estimate of drug-likeness (QED) is 0.432. The van der Waals surface area contributed by atoms with Crippen molar-refractivity contribution in [1.29, 1.82) is 0 Å². The predicted octanol–water partition coefficient (Wildman–Crippen LogP) is 5.23. The zero-order valence-electron chi connectivity index (χ0n) is 18.3. The standard InChI is InChI=1S/C23H27N7OS/c1-13(2)21(31)24-16-8-10-17(11-9-16)32-23-27-20(15-6-7-15)26-22(28-23)25-19-12-18(29-30-19)14-4-3-5-14/h8-15H,3-7H2,1-2H3,(H,24,31)(H2,25,26,27,28,29,30). The molecule has 2 aliphatic rings. The third-order valence-electron chi connectivity index (χ3n) is 5.81. The van der Waals surface area contributed by atoms with Gasteiger partial charge in [0.15, 0.2) is 11.0 Å². The number of amides is 1. The van der Waals surface area contributed by atoms with Crippen molar-refractivity contribution < 1.29 is 4.79 Å². The van der Waals surface area contributed by atoms with Crippen LogP contribution in [0.4, 0.5) is 17.5 Å². The molecule has 5 rings (SSSR count). The fraction of sp³-hybridized carbons (Fsp3) is 0.435. The van der Waals surface area contributed by atoms with Crippen molar-refractivity contribution in [2.45, 2.75) is 67.8 Å². The van der Waals surface area contributed by atoms with Crippen LogP contribution in [-0.2, 0) is 4.79 Å². The molecule has 9 heteroatoms. The van der Waals surface area contributed by atoms with Crippen molar-refractivity contribution in [2.24, 2.45) is 5.92 Å². The summed E-state index contributed by atoms with van der Waals surface area (Å²) in [5.74, 6) is 3.06. The number of nitrogens with zero attached hydrogens (tertiary/aromatic N) is 4. The lowest BCUT2D eigenvalue weighted by Crippen LogP contribution is -2.17. The van der Waals surface area contributed by atoms with E-state index in [1.165, 1.54) is 36.7 Å². The summed E-state index contributed by atoms with van der Waals surface area (Å²) < 4.78 is 0. The van der Waals surface area contributed by atoms with Gasteiger partial charge in [-0.25, -0.2) is 4.98 Å². The number of benzene rings is 1. The Morgan fingerprint density at radius 3 is 2.50 bits per heavy atom. The molecule has 1 aromatic carbocycles. The number of hydrogen-bond donors (Lipinski definition) is 3. The van der Waals surface area contributed by atoms with E-state index in [2.05, 4.69) is 41.8 Å². The highest BCUT2D eigenvalue weighted by atomic mass is 32.2. The molecular weight excluding hydrogens is 422 g/mol. The lowest BCUT2D eigenvalue weighted by atomic mass is 9.83. The zero-order chi connectivity index (χ0) is 22.1. The lowest BCUT2D eigenvalue weighted by molar-refractivity contribution is -0.118. The molecule has 1 amide bonds. The van der Waals surface area contributed by atoms with Gasteiger partial charge in [-0.15, -0.1) is 0 Å². The lowest BCUT2D eigenvalue weighted by Gasteiger charge is -2.23. The molecule has 2 heterocycles. The van der Waals surface area contributed by atoms with E-state index in [1.807, 2.05) is 38.1 Å². The van der Waals surface area contributed by atoms with E-state index in [-0.39, 0.29) is 11.8 Å². The Morgan fingerprint density at radius 2 is 1.84 bits per heavy atom. The Bertz CT molecular complexity index is 1100. The first kappa shape index (κ1) is 20.9. The van der Waals surface area contributed by atoms with Gasteiger partial charge in [0, 0.05) is 40.1 Å². The molecule has 0 aliphatic heterocycles. The summed E-state index contributed by atoms with van der Waals surface area (Å²) in [4.78, 5) is 26.8. The normalized spacial score (nSPS) is 16.1. The summed E-state index contributed by atoms with van der Waals surface area (Å²) in [5.41, 5.74) is 1.96. The monoisotopic (exact) mass is 449 g/mol. The van der Waals surface area contributed by atoms with Crippen LogP contribution in [0.3, 0.4) is 0 Å². The van der Waals surface area contributed by atoms with Gasteiger partial charge in [-0.3, -0.25) is 9.89 Å². The van der Waals surface area contributed by atoms with Crippen LogP contribution in [-0.4, -0.2) is 31.1 Å². The van der Waals surface area contributed by atoms with Crippen LogP contribution in [0.2, 0.25) is 0 Å². The fourth-order valence-corrected chi connectivity index (χ4v) is 4.19. The number of nitrogens with one attached hydrogen (secondary N) is 3. The molecule has 2 aliphatic carbocycles. The van der Waals surface area contributed by atoms with Crippen molar-refractivity contribution in [3.63, 3.8) is 0 Å². The number of carbonyl (C=O) groups is 1. The van der Waals surface area contributed by atoms with Gasteiger partial charge in [0.25, 0.3) is 0 Å². The summed E-state index contributed by atoms with van der Waals surface area (Å²) in [6.45, 7) is 3.75. The first-order valence-electron chi connectivity index (χ1n) is 11.2. The number of carbonyl (C=O) groups excluding carboxylic acids is 1. The van der Waals surface area contributed by atoms with Gasteiger partial charge in [0.2, 0.25) is 11.9 Å². The molecule has 0 saturated heterocycles. The van der Waals surface area contributed by atoms with Crippen LogP contribution >= 0.6 is 11.8 Å². The van der Waals surface area contributed by atoms with Crippen molar-refractivity contribution in [2.75, 3.05) is 10.6 Å². The van der Waals surface area contributed by atoms with Gasteiger partial charge in [-0.05, 0) is 61.7 Å². The topological polar surface area (TPSA) is 108 Å². The second-order valence-electron chi connectivity index (χ2n) is 8.81. The summed E-state index contributed by atoms with van der Waals surface area (Å²) in [6.07, 6.45) is 5.97. The number of hydrogen-bond acceptors (Lipinski definition) is 7. The molecule has 0 atom stereocenters. The van der Waals surface area contributed by atoms with Crippen LogP contribution < -0.4 is 10.6 Å². The Kier molecular flexibility index (Phi) is 5.82. The Hall–Kier alpha value is -2.94. The molecule has 8 nitrogen and oxygen atoms in total. The predicted molar refractivity (Wildman–Crippen MR) is 124 cm³/mol. The largest absolute Gasteiger partial charge is 0.326 e. The van der Waals surface area contributed by atoms with Crippen LogP contribution in [0.25, 0.3) is 0 Å². The minimum atomic E-state index is -0.0552. The minimum absolute atomic E-state index is 0.00601. The van der Waals surface area contributed by atoms with E-state index in [1.54, 1.807) is 0 Å². The average molecular weight is 450 g/mol. The van der Waals surface area contributed by atoms with Crippen molar-refractivity contribution in [3.8, 4) is 0 Å². The van der Waals surface area contributed by atoms with Gasteiger partial charge in [0.05, 0.1) is 0 Å². The Balaban J connectivity index is 1.31. The summed E-state index contributed by atoms with van der Waals surface area (Å²) in [6, 6.07) is 9.79. The smallest absolute Gasteiger partial charge is 0.232 e. The average Bonchev–Trinajstić information content (AvgIpc) is 3.49. The molecule has 0 radical (unpaired) electrons. The Morgan fingerprint density at radius 1 is 1.06 bits per heavy atom. The molecule has 32 heavy (non-hydrogen) atoms. The van der Waals surface area contributed by atoms with Crippen LogP contribution in [0, 0.1) is 5.92 Å². The third-order valence-corrected chi connectivity index (χ3v) is 6.69. The van der Waals surface area contributed by atoms with Crippen molar-refractivity contribution >= 4 is 35.1 Å². The molecule has 2 aromatic heterocycles. The molecule has 3 aromatic rings. The van der Waals surface area contributed by atoms with E-state index in [9.17, 15) is 4.79 Å². The SMILES string of the molecule is CC(C)C(=O)Nc1ccc(Sc2nc(Nc3cc(C4CCC4)[nH]n3)nc(C3CC3)n2)cc1. The summed E-state index contributed by atoms with van der Waals surface area (Å²) in [5, 5.41) is 14.3. The number of aromatic amines is 1. The van der Waals surface area contributed by atoms with Crippen LogP contribution in [0.1, 0.15) is 69.3 Å². The number of aromatic nitrogens is 5. The van der Waals surface area contributed by atoms with Crippen LogP contribution in [0.5, 0.6) is 0 Å². The second kappa shape index (κ2) is 8.90. The fourth-order valence-electron chi connectivity index (χ4n) is 3.44. The highest BCUT2D eigenvalue weighted by Crippen LogP contribution is 2.40. The molecular formula is C23H27N7OS. The molecule has 2 fully saturated rings. The Labute approximate surface area is 191 Å². The van der Waals surface area contributed by atoms with Gasteiger partial charge >= 0.3 is 0 Å². The summed E-state index contributed by atoms with van der Waals surface area (Å²) >= 11 is 1.49. The van der Waals surface area contributed by atoms with Crippen molar-refractivity contribution in [3.05, 3.63) is 41.9 Å². The second-order valence-corrected chi connectivity index (χ2v) is 9.85. The highest BCUT2D eigenvalue weighted by Gasteiger charge is 2.28. The van der Waals surface area contributed by atoms with Gasteiger partial charge < -0.3 is 10.6 Å². The van der Waals surface area contributed by atoms with E-state index in [4.69, 9.17) is 0 Å². The van der Waals surface area contributed by atoms with Crippen molar-refractivity contribution in [1.82, 2.24) is 25.1 Å². The first-order valence-corrected chi connectivity index (χ1v) is 12.0. The highest BCUT2D eigenvalue weighted by molar-refractivity contribution is 7.99. The maximum absolute atomic E-state index is 11.9. The minimum Gasteiger partial charge on any atom is -0.326 e. The maximum Gasteiger partial charge on any atom is 0.232 e. The molecule has 3 N–H and O–H groups in total. The van der Waals surface area contributed by atoms with E-state index in [0.29, 0.717) is 22.9 Å². The maximum atomic E-state index is 11.9. The molecule has 166 valence electrons.